The van der Waals surface area contributed by atoms with E-state index in [0.717, 1.165) is 11.3 Å². The number of nitriles is 1. The highest BCUT2D eigenvalue weighted by Gasteiger charge is 2.18. The molecule has 0 aliphatic carbocycles. The summed E-state index contributed by atoms with van der Waals surface area (Å²) >= 11 is 0. The van der Waals surface area contributed by atoms with Gasteiger partial charge in [-0.1, -0.05) is 24.3 Å². The molecule has 0 amide bonds. The summed E-state index contributed by atoms with van der Waals surface area (Å²) in [5, 5.41) is 9.04. The largest absolute Gasteiger partial charge is 0.345 e. The summed E-state index contributed by atoms with van der Waals surface area (Å²) in [6.45, 7) is 0. The maximum atomic E-state index is 12.4. The van der Waals surface area contributed by atoms with E-state index in [2.05, 4.69) is 14.7 Å². The van der Waals surface area contributed by atoms with Gasteiger partial charge in [0.1, 0.15) is 11.0 Å². The van der Waals surface area contributed by atoms with Crippen molar-refractivity contribution in [2.24, 2.45) is 0 Å². The zero-order chi connectivity index (χ0) is 16.3. The second-order valence-corrected chi connectivity index (χ2v) is 6.41. The minimum absolute atomic E-state index is 0.0415. The van der Waals surface area contributed by atoms with Gasteiger partial charge in [0.25, 0.3) is 10.0 Å². The molecule has 0 unspecified atom stereocenters. The number of hydrogen-bond acceptors (Lipinski definition) is 4. The monoisotopic (exact) mass is 324 g/mol. The lowest BCUT2D eigenvalue weighted by Crippen LogP contribution is -2.14. The van der Waals surface area contributed by atoms with Crippen molar-refractivity contribution < 1.29 is 8.42 Å². The van der Waals surface area contributed by atoms with Gasteiger partial charge in [-0.15, -0.1) is 0 Å². The van der Waals surface area contributed by atoms with Crippen molar-refractivity contribution in [1.29, 1.82) is 5.26 Å². The van der Waals surface area contributed by atoms with Gasteiger partial charge in [-0.05, 0) is 29.8 Å². The third-order valence-electron chi connectivity index (χ3n) is 3.24. The summed E-state index contributed by atoms with van der Waals surface area (Å²) in [6.07, 6.45) is 3.26. The first-order chi connectivity index (χ1) is 11.1. The van der Waals surface area contributed by atoms with Gasteiger partial charge in [-0.3, -0.25) is 4.72 Å². The molecule has 2 aromatic carbocycles. The zero-order valence-corrected chi connectivity index (χ0v) is 12.7. The van der Waals surface area contributed by atoms with Crippen LogP contribution in [0, 0.1) is 11.3 Å². The van der Waals surface area contributed by atoms with E-state index in [1.807, 2.05) is 6.07 Å². The topological polar surface area (TPSA) is 98.6 Å². The van der Waals surface area contributed by atoms with Crippen LogP contribution in [0.4, 0.5) is 5.69 Å². The van der Waals surface area contributed by atoms with E-state index in [0.29, 0.717) is 5.69 Å². The molecule has 7 heteroatoms. The number of imidazole rings is 1. The second kappa shape index (κ2) is 5.94. The zero-order valence-electron chi connectivity index (χ0n) is 11.9. The average molecular weight is 324 g/mol. The van der Waals surface area contributed by atoms with Gasteiger partial charge in [0.05, 0.1) is 23.8 Å². The van der Waals surface area contributed by atoms with E-state index in [1.54, 1.807) is 48.9 Å². The molecule has 6 nitrogen and oxygen atoms in total. The lowest BCUT2D eigenvalue weighted by Gasteiger charge is -2.09. The normalized spacial score (nSPS) is 10.9. The molecule has 3 aromatic rings. The van der Waals surface area contributed by atoms with Crippen LogP contribution in [0.15, 0.2) is 66.0 Å². The highest BCUT2D eigenvalue weighted by atomic mass is 32.2. The second-order valence-electron chi connectivity index (χ2n) is 4.76. The number of nitrogens with one attached hydrogen (secondary N) is 2. The Bertz CT molecular complexity index is 956. The Morgan fingerprint density at radius 2 is 1.83 bits per heavy atom. The minimum atomic E-state index is -3.82. The summed E-state index contributed by atoms with van der Waals surface area (Å²) < 4.78 is 27.3. The SMILES string of the molecule is N#Cc1ccccc1S(=O)(=O)Nc1ccc(-c2cnc[nH]2)cc1. The first-order valence-electron chi connectivity index (χ1n) is 6.71. The van der Waals surface area contributed by atoms with Gasteiger partial charge in [0.2, 0.25) is 0 Å². The number of nitrogens with zero attached hydrogens (tertiary/aromatic N) is 2. The Balaban J connectivity index is 1.88. The van der Waals surface area contributed by atoms with E-state index in [-0.39, 0.29) is 10.5 Å². The smallest absolute Gasteiger partial charge is 0.263 e. The van der Waals surface area contributed by atoms with Crippen molar-refractivity contribution in [2.45, 2.75) is 4.90 Å². The predicted molar refractivity (Wildman–Crippen MR) is 86.0 cm³/mol. The highest BCUT2D eigenvalue weighted by Crippen LogP contribution is 2.22. The van der Waals surface area contributed by atoms with Crippen LogP contribution in [0.25, 0.3) is 11.3 Å². The molecule has 0 fully saturated rings. The van der Waals surface area contributed by atoms with Crippen molar-refractivity contribution in [3.05, 3.63) is 66.6 Å². The highest BCUT2D eigenvalue weighted by molar-refractivity contribution is 7.92. The lowest BCUT2D eigenvalue weighted by molar-refractivity contribution is 0.601. The van der Waals surface area contributed by atoms with Gasteiger partial charge >= 0.3 is 0 Å². The standard InChI is InChI=1S/C16H12N4O2S/c17-9-13-3-1-2-4-16(13)23(21,22)20-14-7-5-12(6-8-14)15-10-18-11-19-15/h1-8,10-11,20H,(H,18,19). The minimum Gasteiger partial charge on any atom is -0.345 e. The molecule has 1 heterocycles. The van der Waals surface area contributed by atoms with Crippen LogP contribution in [-0.4, -0.2) is 18.4 Å². The summed E-state index contributed by atoms with van der Waals surface area (Å²) in [4.78, 5) is 6.88. The third-order valence-corrected chi connectivity index (χ3v) is 4.68. The Hall–Kier alpha value is -3.11. The molecule has 114 valence electrons. The quantitative estimate of drug-likeness (QED) is 0.771. The fourth-order valence-electron chi connectivity index (χ4n) is 2.14. The van der Waals surface area contributed by atoms with E-state index in [4.69, 9.17) is 5.26 Å². The molecule has 0 bridgehead atoms. The summed E-state index contributed by atoms with van der Waals surface area (Å²) in [5.41, 5.74) is 2.26. The van der Waals surface area contributed by atoms with Crippen molar-refractivity contribution in [3.63, 3.8) is 0 Å². The van der Waals surface area contributed by atoms with Crippen molar-refractivity contribution in [3.8, 4) is 17.3 Å². The van der Waals surface area contributed by atoms with Gasteiger partial charge in [0, 0.05) is 5.69 Å². The first kappa shape index (κ1) is 14.8. The average Bonchev–Trinajstić information content (AvgIpc) is 3.09. The van der Waals surface area contributed by atoms with Crippen molar-refractivity contribution in [2.75, 3.05) is 4.72 Å². The number of hydrogen-bond donors (Lipinski definition) is 2. The van der Waals surface area contributed by atoms with E-state index in [1.165, 1.54) is 12.1 Å². The van der Waals surface area contributed by atoms with Crippen LogP contribution in [-0.2, 0) is 10.0 Å². The molecule has 0 aliphatic heterocycles. The molecular weight excluding hydrogens is 312 g/mol. The maximum absolute atomic E-state index is 12.4. The Kier molecular flexibility index (Phi) is 3.83. The number of aromatic amines is 1. The molecule has 0 aliphatic rings. The van der Waals surface area contributed by atoms with Crippen LogP contribution in [0.5, 0.6) is 0 Å². The number of rotatable bonds is 4. The number of H-pyrrole nitrogens is 1. The first-order valence-corrected chi connectivity index (χ1v) is 8.19. The van der Waals surface area contributed by atoms with Gasteiger partial charge in [-0.2, -0.15) is 5.26 Å². The Morgan fingerprint density at radius 3 is 2.48 bits per heavy atom. The lowest BCUT2D eigenvalue weighted by atomic mass is 10.1. The van der Waals surface area contributed by atoms with E-state index in [9.17, 15) is 8.42 Å². The van der Waals surface area contributed by atoms with Crippen LogP contribution < -0.4 is 4.72 Å². The maximum Gasteiger partial charge on any atom is 0.263 e. The predicted octanol–water partition coefficient (Wildman–Crippen LogP) is 2.75. The number of aromatic nitrogens is 2. The van der Waals surface area contributed by atoms with Crippen LogP contribution >= 0.6 is 0 Å². The number of anilines is 1. The Labute approximate surface area is 133 Å². The van der Waals surface area contributed by atoms with Crippen LogP contribution in [0.1, 0.15) is 5.56 Å². The molecule has 3 rings (SSSR count). The fourth-order valence-corrected chi connectivity index (χ4v) is 3.35. The van der Waals surface area contributed by atoms with Gasteiger partial charge in [-0.25, -0.2) is 13.4 Å². The van der Waals surface area contributed by atoms with Crippen LogP contribution in [0.3, 0.4) is 0 Å². The molecule has 2 N–H and O–H groups in total. The molecule has 1 aromatic heterocycles. The molecule has 23 heavy (non-hydrogen) atoms. The van der Waals surface area contributed by atoms with Crippen LogP contribution in [0.2, 0.25) is 0 Å². The molecular formula is C16H12N4O2S. The van der Waals surface area contributed by atoms with Crippen molar-refractivity contribution in [1.82, 2.24) is 9.97 Å². The molecule has 0 saturated heterocycles. The summed E-state index contributed by atoms with van der Waals surface area (Å²) in [5.74, 6) is 0. The molecule has 0 saturated carbocycles. The number of benzene rings is 2. The molecule has 0 atom stereocenters. The fraction of sp³-hybridized carbons (Fsp3) is 0. The van der Waals surface area contributed by atoms with E-state index >= 15 is 0 Å². The third kappa shape index (κ3) is 3.07. The van der Waals surface area contributed by atoms with E-state index < -0.39 is 10.0 Å². The molecule has 0 spiro atoms. The van der Waals surface area contributed by atoms with Gasteiger partial charge in [0.15, 0.2) is 0 Å². The Morgan fingerprint density at radius 1 is 1.09 bits per heavy atom. The summed E-state index contributed by atoms with van der Waals surface area (Å²) in [6, 6.07) is 14.8. The molecule has 0 radical (unpaired) electrons. The van der Waals surface area contributed by atoms with Crippen molar-refractivity contribution >= 4 is 15.7 Å². The summed E-state index contributed by atoms with van der Waals surface area (Å²) in [7, 11) is -3.82. The van der Waals surface area contributed by atoms with Gasteiger partial charge < -0.3 is 4.98 Å². The number of sulfonamides is 1.